The Labute approximate surface area is 158 Å². The highest BCUT2D eigenvalue weighted by molar-refractivity contribution is 7.80. The quantitative estimate of drug-likeness (QED) is 0.308. The Balaban J connectivity index is 1.89. The number of hydrogen-bond donors (Lipinski definition) is 4. The standard InChI is InChI=1S/C16H15ClN2O6S/c17-7-1-3-8(4-2-7)19-15(24)9(14(23)18-16(19)26)5-10(20)13-12(22)11(21)6-25-13/h1-5,10-13,20-22H,6H2,(H,18,23,26)/b9-5-/t10-,11+,12-,13+/m0/s1. The van der Waals surface area contributed by atoms with E-state index in [4.69, 9.17) is 28.6 Å². The number of amides is 2. The molecule has 4 atom stereocenters. The van der Waals surface area contributed by atoms with Crippen molar-refractivity contribution >= 4 is 46.4 Å². The second kappa shape index (κ2) is 7.39. The first-order chi connectivity index (χ1) is 12.3. The minimum absolute atomic E-state index is 0.110. The van der Waals surface area contributed by atoms with Crippen LogP contribution < -0.4 is 10.2 Å². The van der Waals surface area contributed by atoms with Crippen LogP contribution in [0.15, 0.2) is 35.9 Å². The lowest BCUT2D eigenvalue weighted by atomic mass is 10.0. The van der Waals surface area contributed by atoms with Gasteiger partial charge in [-0.05, 0) is 42.6 Å². The minimum atomic E-state index is -1.48. The number of carbonyl (C=O) groups excluding carboxylic acids is 2. The number of aliphatic hydroxyl groups excluding tert-OH is 3. The number of nitrogens with zero attached hydrogens (tertiary/aromatic N) is 1. The molecular formula is C16H15ClN2O6S. The summed E-state index contributed by atoms with van der Waals surface area (Å²) in [7, 11) is 0. The second-order valence-electron chi connectivity index (χ2n) is 5.80. The zero-order valence-corrected chi connectivity index (χ0v) is 14.8. The number of ether oxygens (including phenoxy) is 1. The fraction of sp³-hybridized carbons (Fsp3) is 0.312. The van der Waals surface area contributed by atoms with E-state index in [0.717, 1.165) is 11.0 Å². The number of thiocarbonyl (C=S) groups is 1. The van der Waals surface area contributed by atoms with Crippen LogP contribution in [0.25, 0.3) is 0 Å². The zero-order valence-electron chi connectivity index (χ0n) is 13.2. The Morgan fingerprint density at radius 1 is 1.31 bits per heavy atom. The molecule has 2 amide bonds. The van der Waals surface area contributed by atoms with E-state index in [9.17, 15) is 24.9 Å². The number of rotatable bonds is 3. The monoisotopic (exact) mass is 398 g/mol. The smallest absolute Gasteiger partial charge is 0.269 e. The maximum Gasteiger partial charge on any atom is 0.269 e. The van der Waals surface area contributed by atoms with E-state index in [1.54, 1.807) is 24.3 Å². The molecule has 4 N–H and O–H groups in total. The molecule has 1 aromatic carbocycles. The molecule has 2 aliphatic heterocycles. The SMILES string of the molecule is O=C1NC(=S)N(c2ccc(Cl)cc2)C(=O)/C1=C\[C@H](O)[C@H]1OC[C@@H](O)[C@@H]1O. The van der Waals surface area contributed by atoms with Gasteiger partial charge in [0.05, 0.1) is 12.3 Å². The summed E-state index contributed by atoms with van der Waals surface area (Å²) in [5, 5.41) is 32.2. The molecule has 8 nitrogen and oxygen atoms in total. The molecule has 138 valence electrons. The predicted octanol–water partition coefficient (Wildman–Crippen LogP) is -0.504. The summed E-state index contributed by atoms with van der Waals surface area (Å²) >= 11 is 10.9. The Morgan fingerprint density at radius 3 is 2.54 bits per heavy atom. The number of aliphatic hydroxyl groups is 3. The highest BCUT2D eigenvalue weighted by atomic mass is 35.5. The zero-order chi connectivity index (χ0) is 19.0. The van der Waals surface area contributed by atoms with Crippen LogP contribution in [0.1, 0.15) is 0 Å². The van der Waals surface area contributed by atoms with Crippen molar-refractivity contribution in [2.45, 2.75) is 24.4 Å². The van der Waals surface area contributed by atoms with Crippen molar-refractivity contribution < 1.29 is 29.6 Å². The molecule has 0 radical (unpaired) electrons. The molecule has 0 saturated carbocycles. The lowest BCUT2D eigenvalue weighted by Gasteiger charge is -2.29. The number of nitrogens with one attached hydrogen (secondary N) is 1. The molecule has 3 rings (SSSR count). The predicted molar refractivity (Wildman–Crippen MR) is 95.5 cm³/mol. The van der Waals surface area contributed by atoms with Crippen molar-refractivity contribution in [1.29, 1.82) is 0 Å². The summed E-state index contributed by atoms with van der Waals surface area (Å²) < 4.78 is 5.11. The van der Waals surface area contributed by atoms with Crippen LogP contribution in [0, 0.1) is 0 Å². The molecule has 1 aromatic rings. The summed E-state index contributed by atoms with van der Waals surface area (Å²) in [5.41, 5.74) is 0.0237. The fourth-order valence-electron chi connectivity index (χ4n) is 2.69. The van der Waals surface area contributed by atoms with Gasteiger partial charge in [0, 0.05) is 5.02 Å². The molecule has 10 heteroatoms. The molecule has 26 heavy (non-hydrogen) atoms. The summed E-state index contributed by atoms with van der Waals surface area (Å²) in [6.45, 7) is -0.160. The number of halogens is 1. The lowest BCUT2D eigenvalue weighted by molar-refractivity contribution is -0.122. The number of hydrogen-bond acceptors (Lipinski definition) is 7. The van der Waals surface area contributed by atoms with Gasteiger partial charge in [0.25, 0.3) is 11.8 Å². The first kappa shape index (κ1) is 18.9. The highest BCUT2D eigenvalue weighted by Crippen LogP contribution is 2.24. The molecule has 0 aliphatic carbocycles. The van der Waals surface area contributed by atoms with Crippen molar-refractivity contribution in [3.8, 4) is 0 Å². The third-order valence-electron chi connectivity index (χ3n) is 4.05. The van der Waals surface area contributed by atoms with Crippen molar-refractivity contribution in [3.05, 3.63) is 40.9 Å². The van der Waals surface area contributed by atoms with Gasteiger partial charge in [-0.15, -0.1) is 0 Å². The van der Waals surface area contributed by atoms with E-state index in [1.807, 2.05) is 0 Å². The van der Waals surface area contributed by atoms with Crippen molar-refractivity contribution in [2.75, 3.05) is 11.5 Å². The molecule has 0 spiro atoms. The van der Waals surface area contributed by atoms with Crippen LogP contribution >= 0.6 is 23.8 Å². The van der Waals surface area contributed by atoms with Gasteiger partial charge in [0.1, 0.15) is 30.0 Å². The topological polar surface area (TPSA) is 119 Å². The van der Waals surface area contributed by atoms with E-state index in [0.29, 0.717) is 10.7 Å². The van der Waals surface area contributed by atoms with Gasteiger partial charge in [-0.1, -0.05) is 11.6 Å². The number of anilines is 1. The molecule has 0 aromatic heterocycles. The molecule has 0 bridgehead atoms. The van der Waals surface area contributed by atoms with E-state index in [1.165, 1.54) is 0 Å². The van der Waals surface area contributed by atoms with Gasteiger partial charge in [0.15, 0.2) is 5.11 Å². The molecule has 0 unspecified atom stereocenters. The summed E-state index contributed by atoms with van der Waals surface area (Å²) in [6.07, 6.45) is -4.14. The van der Waals surface area contributed by atoms with E-state index in [-0.39, 0.29) is 17.3 Å². The summed E-state index contributed by atoms with van der Waals surface area (Å²) in [5.74, 6) is -1.52. The molecule has 2 heterocycles. The van der Waals surface area contributed by atoms with Crippen LogP contribution in [0.5, 0.6) is 0 Å². The largest absolute Gasteiger partial charge is 0.388 e. The first-order valence-corrected chi connectivity index (χ1v) is 8.41. The van der Waals surface area contributed by atoms with Crippen molar-refractivity contribution in [3.63, 3.8) is 0 Å². The maximum absolute atomic E-state index is 12.7. The Kier molecular flexibility index (Phi) is 5.37. The Morgan fingerprint density at radius 2 is 1.96 bits per heavy atom. The number of carbonyl (C=O) groups is 2. The van der Waals surface area contributed by atoms with E-state index < -0.39 is 36.2 Å². The second-order valence-corrected chi connectivity index (χ2v) is 6.63. The third-order valence-corrected chi connectivity index (χ3v) is 4.59. The number of benzene rings is 1. The first-order valence-electron chi connectivity index (χ1n) is 7.62. The molecule has 2 aliphatic rings. The molecular weight excluding hydrogens is 384 g/mol. The van der Waals surface area contributed by atoms with Crippen LogP contribution in [-0.4, -0.2) is 63.3 Å². The highest BCUT2D eigenvalue weighted by Gasteiger charge is 2.41. The van der Waals surface area contributed by atoms with Gasteiger partial charge in [-0.3, -0.25) is 19.8 Å². The average Bonchev–Trinajstić information content (AvgIpc) is 2.92. The van der Waals surface area contributed by atoms with E-state index in [2.05, 4.69) is 5.32 Å². The normalized spacial score (nSPS) is 29.2. The molecule has 2 saturated heterocycles. The Hall–Kier alpha value is -1.88. The van der Waals surface area contributed by atoms with Gasteiger partial charge < -0.3 is 20.1 Å². The van der Waals surface area contributed by atoms with Crippen LogP contribution in [-0.2, 0) is 14.3 Å². The minimum Gasteiger partial charge on any atom is -0.388 e. The fourth-order valence-corrected chi connectivity index (χ4v) is 3.10. The Bertz CT molecular complexity index is 783. The summed E-state index contributed by atoms with van der Waals surface area (Å²) in [6, 6.07) is 6.23. The van der Waals surface area contributed by atoms with Crippen LogP contribution in [0.3, 0.4) is 0 Å². The van der Waals surface area contributed by atoms with Gasteiger partial charge in [0.2, 0.25) is 0 Å². The third kappa shape index (κ3) is 3.50. The lowest BCUT2D eigenvalue weighted by Crippen LogP contribution is -2.54. The van der Waals surface area contributed by atoms with Gasteiger partial charge in [-0.2, -0.15) is 0 Å². The maximum atomic E-state index is 12.7. The van der Waals surface area contributed by atoms with E-state index >= 15 is 0 Å². The van der Waals surface area contributed by atoms with Crippen molar-refractivity contribution in [2.24, 2.45) is 0 Å². The van der Waals surface area contributed by atoms with Gasteiger partial charge in [-0.25, -0.2) is 0 Å². The summed E-state index contributed by atoms with van der Waals surface area (Å²) in [4.78, 5) is 26.0. The molecule has 2 fully saturated rings. The average molecular weight is 399 g/mol. The van der Waals surface area contributed by atoms with Gasteiger partial charge >= 0.3 is 0 Å². The van der Waals surface area contributed by atoms with Crippen LogP contribution in [0.4, 0.5) is 5.69 Å². The van der Waals surface area contributed by atoms with Crippen LogP contribution in [0.2, 0.25) is 5.02 Å². The van der Waals surface area contributed by atoms with Crippen molar-refractivity contribution in [1.82, 2.24) is 5.32 Å².